The van der Waals surface area contributed by atoms with Crippen molar-refractivity contribution >= 4 is 23.2 Å². The van der Waals surface area contributed by atoms with Gasteiger partial charge in [-0.3, -0.25) is 9.89 Å². The fourth-order valence-corrected chi connectivity index (χ4v) is 3.56. The molecule has 0 aliphatic carbocycles. The Hall–Kier alpha value is -3.19. The van der Waals surface area contributed by atoms with Gasteiger partial charge in [-0.1, -0.05) is 23.7 Å². The van der Waals surface area contributed by atoms with E-state index in [0.29, 0.717) is 42.9 Å². The van der Waals surface area contributed by atoms with Gasteiger partial charge in [-0.2, -0.15) is 5.10 Å². The van der Waals surface area contributed by atoms with Crippen LogP contribution in [0.3, 0.4) is 0 Å². The van der Waals surface area contributed by atoms with Gasteiger partial charge >= 0.3 is 0 Å². The molecule has 0 unspecified atom stereocenters. The lowest BCUT2D eigenvalue weighted by molar-refractivity contribution is -0.131. The van der Waals surface area contributed by atoms with E-state index in [-0.39, 0.29) is 22.4 Å². The number of rotatable bonds is 3. The zero-order valence-corrected chi connectivity index (χ0v) is 15.7. The van der Waals surface area contributed by atoms with Gasteiger partial charge in [0.2, 0.25) is 5.91 Å². The van der Waals surface area contributed by atoms with Crippen LogP contribution in [-0.4, -0.2) is 37.8 Å². The minimum atomic E-state index is -0.201. The van der Waals surface area contributed by atoms with Gasteiger partial charge in [-0.05, 0) is 23.8 Å². The Kier molecular flexibility index (Phi) is 4.60. The lowest BCUT2D eigenvalue weighted by Gasteiger charge is -2.27. The Morgan fingerprint density at radius 2 is 1.96 bits per heavy atom. The number of phenols is 2. The van der Waals surface area contributed by atoms with Crippen LogP contribution in [0.4, 0.5) is 5.69 Å². The molecule has 2 heterocycles. The van der Waals surface area contributed by atoms with Crippen molar-refractivity contribution in [2.75, 3.05) is 12.3 Å². The van der Waals surface area contributed by atoms with Crippen molar-refractivity contribution < 1.29 is 15.0 Å². The first-order valence-corrected chi connectivity index (χ1v) is 9.20. The molecule has 1 amide bonds. The van der Waals surface area contributed by atoms with Crippen molar-refractivity contribution in [3.05, 3.63) is 58.2 Å². The maximum absolute atomic E-state index is 12.8. The first-order valence-electron chi connectivity index (χ1n) is 8.82. The third-order valence-electron chi connectivity index (χ3n) is 4.94. The zero-order valence-electron chi connectivity index (χ0n) is 14.9. The molecule has 1 aliphatic heterocycles. The number of nitrogens with two attached hydrogens (primary N) is 1. The molecule has 7 nitrogen and oxygen atoms in total. The van der Waals surface area contributed by atoms with Crippen molar-refractivity contribution in [3.8, 4) is 22.8 Å². The number of aromatic nitrogens is 2. The van der Waals surface area contributed by atoms with Gasteiger partial charge in [0, 0.05) is 48.1 Å². The summed E-state index contributed by atoms with van der Waals surface area (Å²) in [6.45, 7) is 0.970. The highest BCUT2D eigenvalue weighted by Crippen LogP contribution is 2.39. The molecule has 0 bridgehead atoms. The number of hydrogen-bond donors (Lipinski definition) is 4. The monoisotopic (exact) mass is 398 g/mol. The van der Waals surface area contributed by atoms with Crippen molar-refractivity contribution in [2.24, 2.45) is 0 Å². The Morgan fingerprint density at radius 3 is 2.71 bits per heavy atom. The van der Waals surface area contributed by atoms with Crippen LogP contribution >= 0.6 is 11.6 Å². The number of aromatic hydroxyl groups is 2. The van der Waals surface area contributed by atoms with E-state index in [2.05, 4.69) is 10.2 Å². The van der Waals surface area contributed by atoms with E-state index >= 15 is 0 Å². The first kappa shape index (κ1) is 18.2. The number of fused-ring (bicyclic) bond motifs is 1. The number of nitrogens with one attached hydrogen (secondary N) is 1. The van der Waals surface area contributed by atoms with Crippen LogP contribution in [0, 0.1) is 0 Å². The summed E-state index contributed by atoms with van der Waals surface area (Å²) in [7, 11) is 0. The van der Waals surface area contributed by atoms with Crippen LogP contribution in [-0.2, 0) is 24.2 Å². The topological polar surface area (TPSA) is 115 Å². The number of nitrogen functional groups attached to an aromatic ring is 1. The number of nitrogens with zero attached hydrogens (tertiary/aromatic N) is 2. The van der Waals surface area contributed by atoms with Crippen molar-refractivity contribution in [2.45, 2.75) is 19.4 Å². The number of amides is 1. The average Bonchev–Trinajstić information content (AvgIpc) is 3.09. The maximum Gasteiger partial charge on any atom is 0.227 e. The number of hydrogen-bond acceptors (Lipinski definition) is 5. The van der Waals surface area contributed by atoms with Gasteiger partial charge in [0.1, 0.15) is 17.2 Å². The van der Waals surface area contributed by atoms with Crippen LogP contribution in [0.25, 0.3) is 11.3 Å². The van der Waals surface area contributed by atoms with E-state index < -0.39 is 0 Å². The predicted octanol–water partition coefficient (Wildman–Crippen LogP) is 2.85. The number of carbonyl (C=O) groups is 1. The van der Waals surface area contributed by atoms with E-state index in [9.17, 15) is 15.0 Å². The third kappa shape index (κ3) is 3.36. The predicted molar refractivity (Wildman–Crippen MR) is 106 cm³/mol. The lowest BCUT2D eigenvalue weighted by atomic mass is 9.99. The van der Waals surface area contributed by atoms with Crippen LogP contribution in [0.2, 0.25) is 5.02 Å². The molecule has 3 aromatic rings. The highest BCUT2D eigenvalue weighted by atomic mass is 35.5. The Labute approximate surface area is 166 Å². The van der Waals surface area contributed by atoms with Gasteiger partial charge in [0.15, 0.2) is 0 Å². The molecule has 0 fully saturated rings. The molecule has 0 spiro atoms. The second-order valence-corrected chi connectivity index (χ2v) is 7.24. The first-order chi connectivity index (χ1) is 13.4. The number of halogens is 1. The van der Waals surface area contributed by atoms with Crippen LogP contribution < -0.4 is 5.73 Å². The molecule has 1 aromatic heterocycles. The van der Waals surface area contributed by atoms with Crippen molar-refractivity contribution in [1.29, 1.82) is 0 Å². The Morgan fingerprint density at radius 1 is 1.21 bits per heavy atom. The fraction of sp³-hybridized carbons (Fsp3) is 0.200. The van der Waals surface area contributed by atoms with Gasteiger partial charge in [0.05, 0.1) is 11.4 Å². The normalized spacial score (nSPS) is 13.4. The molecular formula is C20H19ClN4O3. The molecule has 2 aromatic carbocycles. The summed E-state index contributed by atoms with van der Waals surface area (Å²) < 4.78 is 0. The summed E-state index contributed by atoms with van der Waals surface area (Å²) in [6.07, 6.45) is 0.932. The maximum atomic E-state index is 12.8. The number of carbonyl (C=O) groups excluding carboxylic acids is 1. The second kappa shape index (κ2) is 7.09. The molecular weight excluding hydrogens is 380 g/mol. The van der Waals surface area contributed by atoms with Gasteiger partial charge < -0.3 is 20.8 Å². The minimum Gasteiger partial charge on any atom is -0.507 e. The van der Waals surface area contributed by atoms with Crippen LogP contribution in [0.5, 0.6) is 11.5 Å². The minimum absolute atomic E-state index is 0.00975. The number of phenolic OH excluding ortho intramolecular Hbond substituents is 2. The Bertz CT molecular complexity index is 1050. The smallest absolute Gasteiger partial charge is 0.227 e. The fourth-order valence-electron chi connectivity index (χ4n) is 3.39. The van der Waals surface area contributed by atoms with Gasteiger partial charge in [-0.25, -0.2) is 0 Å². The number of H-pyrrole nitrogens is 1. The van der Waals surface area contributed by atoms with Crippen molar-refractivity contribution in [3.63, 3.8) is 0 Å². The summed E-state index contributed by atoms with van der Waals surface area (Å²) in [5.41, 5.74) is 9.96. The molecule has 8 heteroatoms. The van der Waals surface area contributed by atoms with Crippen LogP contribution in [0.1, 0.15) is 16.8 Å². The summed E-state index contributed by atoms with van der Waals surface area (Å²) in [5.74, 6) is -0.315. The van der Waals surface area contributed by atoms with E-state index in [4.69, 9.17) is 17.3 Å². The summed E-state index contributed by atoms with van der Waals surface area (Å²) in [6, 6.07) is 9.92. The number of anilines is 1. The molecule has 144 valence electrons. The molecule has 5 N–H and O–H groups in total. The van der Waals surface area contributed by atoms with E-state index in [1.165, 1.54) is 12.1 Å². The summed E-state index contributed by atoms with van der Waals surface area (Å²) in [5, 5.41) is 27.3. The standard InChI is InChI=1S/C20H19ClN4O3/c21-15-8-13(17(26)9-18(15)27)20-14-10-25(6-5-16(14)23-24-20)19(28)7-11-1-3-12(22)4-2-11/h1-4,8-9,26-27H,5-7,10,22H2,(H,23,24). The quantitative estimate of drug-likeness (QED) is 0.506. The zero-order chi connectivity index (χ0) is 19.8. The lowest BCUT2D eigenvalue weighted by Crippen LogP contribution is -2.36. The molecule has 0 saturated heterocycles. The average molecular weight is 399 g/mol. The highest BCUT2D eigenvalue weighted by molar-refractivity contribution is 6.32. The SMILES string of the molecule is Nc1ccc(CC(=O)N2CCc3[nH]nc(-c4cc(Cl)c(O)cc4O)c3C2)cc1. The third-order valence-corrected chi connectivity index (χ3v) is 5.24. The molecule has 0 saturated carbocycles. The van der Waals surface area contributed by atoms with Gasteiger partial charge in [-0.15, -0.1) is 0 Å². The largest absolute Gasteiger partial charge is 0.507 e. The van der Waals surface area contributed by atoms with Gasteiger partial charge in [0.25, 0.3) is 0 Å². The molecule has 1 aliphatic rings. The molecule has 28 heavy (non-hydrogen) atoms. The van der Waals surface area contributed by atoms with Crippen LogP contribution in [0.15, 0.2) is 36.4 Å². The van der Waals surface area contributed by atoms with E-state index in [1.807, 2.05) is 12.1 Å². The summed E-state index contributed by atoms with van der Waals surface area (Å²) in [4.78, 5) is 14.5. The van der Waals surface area contributed by atoms with Crippen molar-refractivity contribution in [1.82, 2.24) is 15.1 Å². The van der Waals surface area contributed by atoms with E-state index in [0.717, 1.165) is 16.8 Å². The van der Waals surface area contributed by atoms with E-state index in [1.54, 1.807) is 17.0 Å². The molecule has 0 radical (unpaired) electrons. The molecule has 0 atom stereocenters. The number of aromatic amines is 1. The Balaban J connectivity index is 1.59. The number of benzene rings is 2. The summed E-state index contributed by atoms with van der Waals surface area (Å²) >= 11 is 5.99. The highest BCUT2D eigenvalue weighted by Gasteiger charge is 2.27. The molecule has 4 rings (SSSR count). The second-order valence-electron chi connectivity index (χ2n) is 6.83.